The molecular formula is C20H12F3N3O3. The van der Waals surface area contributed by atoms with Crippen LogP contribution >= 0.6 is 0 Å². The van der Waals surface area contributed by atoms with Crippen LogP contribution in [-0.2, 0) is 0 Å². The number of ether oxygens (including phenoxy) is 1. The molecule has 0 spiro atoms. The lowest BCUT2D eigenvalue weighted by atomic mass is 10.1. The number of aromatic carboxylic acids is 1. The number of alkyl halides is 2. The number of hydrogen-bond donors (Lipinski definition) is 1. The summed E-state index contributed by atoms with van der Waals surface area (Å²) in [6.45, 7) is -2.97. The van der Waals surface area contributed by atoms with Gasteiger partial charge in [-0.1, -0.05) is 12.1 Å². The van der Waals surface area contributed by atoms with Gasteiger partial charge >= 0.3 is 12.6 Å². The van der Waals surface area contributed by atoms with Gasteiger partial charge in [0.15, 0.2) is 5.82 Å². The molecule has 29 heavy (non-hydrogen) atoms. The SMILES string of the molecule is O=C(O)c1ccc2c(-c3cccc(OC(F)F)c3)nn(-c3ccc(F)cn3)c2c1. The Balaban J connectivity index is 1.93. The van der Waals surface area contributed by atoms with Gasteiger partial charge in [-0.2, -0.15) is 13.9 Å². The van der Waals surface area contributed by atoms with Gasteiger partial charge in [0.2, 0.25) is 0 Å². The molecule has 0 amide bonds. The van der Waals surface area contributed by atoms with Gasteiger partial charge in [-0.05, 0) is 42.5 Å². The maximum absolute atomic E-state index is 13.3. The Bertz CT molecular complexity index is 1210. The van der Waals surface area contributed by atoms with E-state index in [4.69, 9.17) is 0 Å². The van der Waals surface area contributed by atoms with E-state index in [-0.39, 0.29) is 17.1 Å². The number of nitrogens with zero attached hydrogens (tertiary/aromatic N) is 3. The Labute approximate surface area is 161 Å². The van der Waals surface area contributed by atoms with Gasteiger partial charge in [0.1, 0.15) is 17.3 Å². The first-order valence-corrected chi connectivity index (χ1v) is 8.35. The lowest BCUT2D eigenvalue weighted by molar-refractivity contribution is -0.0498. The van der Waals surface area contributed by atoms with Gasteiger partial charge in [-0.3, -0.25) is 0 Å². The number of fused-ring (bicyclic) bond motifs is 1. The predicted octanol–water partition coefficient (Wildman–Crippen LogP) is 4.53. The minimum atomic E-state index is -2.97. The molecule has 2 heterocycles. The van der Waals surface area contributed by atoms with Crippen LogP contribution in [-0.4, -0.2) is 32.5 Å². The van der Waals surface area contributed by atoms with E-state index in [1.54, 1.807) is 18.2 Å². The molecule has 9 heteroatoms. The largest absolute Gasteiger partial charge is 0.478 e. The molecule has 0 aliphatic heterocycles. The Kier molecular flexibility index (Phi) is 4.63. The van der Waals surface area contributed by atoms with Crippen LogP contribution in [0.2, 0.25) is 0 Å². The second kappa shape index (κ2) is 7.27. The zero-order valence-corrected chi connectivity index (χ0v) is 14.6. The molecule has 0 bridgehead atoms. The van der Waals surface area contributed by atoms with E-state index in [1.165, 1.54) is 41.1 Å². The highest BCUT2D eigenvalue weighted by molar-refractivity contribution is 5.99. The summed E-state index contributed by atoms with van der Waals surface area (Å²) in [5, 5.41) is 14.3. The summed E-state index contributed by atoms with van der Waals surface area (Å²) >= 11 is 0. The lowest BCUT2D eigenvalue weighted by Crippen LogP contribution is -2.02. The molecule has 0 radical (unpaired) electrons. The quantitative estimate of drug-likeness (QED) is 0.534. The number of rotatable bonds is 5. The summed E-state index contributed by atoms with van der Waals surface area (Å²) in [6, 6.07) is 13.0. The van der Waals surface area contributed by atoms with Gasteiger partial charge < -0.3 is 9.84 Å². The van der Waals surface area contributed by atoms with Crippen molar-refractivity contribution in [3.63, 3.8) is 0 Å². The Morgan fingerprint density at radius 3 is 2.62 bits per heavy atom. The topological polar surface area (TPSA) is 77.2 Å². The number of hydrogen-bond acceptors (Lipinski definition) is 4. The standard InChI is InChI=1S/C20H12F3N3O3/c21-13-5-7-17(24-10-13)26-16-9-12(19(27)28)4-6-15(16)18(25-26)11-2-1-3-14(8-11)29-20(22)23/h1-10,20H,(H,27,28). The van der Waals surface area contributed by atoms with Crippen molar-refractivity contribution in [2.45, 2.75) is 6.61 Å². The van der Waals surface area contributed by atoms with Crippen molar-refractivity contribution in [1.29, 1.82) is 0 Å². The van der Waals surface area contributed by atoms with Crippen LogP contribution in [0.5, 0.6) is 5.75 Å². The van der Waals surface area contributed by atoms with Crippen LogP contribution in [0.4, 0.5) is 13.2 Å². The second-order valence-corrected chi connectivity index (χ2v) is 6.04. The number of carbonyl (C=O) groups is 1. The van der Waals surface area contributed by atoms with Gasteiger partial charge in [-0.15, -0.1) is 0 Å². The number of carboxylic acids is 1. The maximum Gasteiger partial charge on any atom is 0.387 e. The van der Waals surface area contributed by atoms with Crippen LogP contribution in [0.3, 0.4) is 0 Å². The van der Waals surface area contributed by atoms with Crippen LogP contribution in [0.15, 0.2) is 60.8 Å². The van der Waals surface area contributed by atoms with Crippen LogP contribution in [0.25, 0.3) is 28.0 Å². The molecule has 1 N–H and O–H groups in total. The molecular weight excluding hydrogens is 387 g/mol. The van der Waals surface area contributed by atoms with Crippen molar-refractivity contribution >= 4 is 16.9 Å². The first-order chi connectivity index (χ1) is 13.9. The highest BCUT2D eigenvalue weighted by Crippen LogP contribution is 2.32. The molecule has 0 saturated heterocycles. The average molecular weight is 399 g/mol. The van der Waals surface area contributed by atoms with E-state index in [9.17, 15) is 23.1 Å². The first kappa shape index (κ1) is 18.5. The molecule has 0 atom stereocenters. The zero-order chi connectivity index (χ0) is 20.5. The predicted molar refractivity (Wildman–Crippen MR) is 97.9 cm³/mol. The van der Waals surface area contributed by atoms with Crippen molar-refractivity contribution in [3.05, 3.63) is 72.2 Å². The first-order valence-electron chi connectivity index (χ1n) is 8.35. The molecule has 0 fully saturated rings. The molecule has 0 aliphatic carbocycles. The minimum Gasteiger partial charge on any atom is -0.478 e. The third kappa shape index (κ3) is 3.62. The minimum absolute atomic E-state index is 0.0297. The van der Waals surface area contributed by atoms with Gasteiger partial charge in [0.25, 0.3) is 0 Å². The summed E-state index contributed by atoms with van der Waals surface area (Å²) in [4.78, 5) is 15.4. The average Bonchev–Trinajstić information content (AvgIpc) is 3.07. The number of aromatic nitrogens is 3. The Morgan fingerprint density at radius 1 is 1.10 bits per heavy atom. The lowest BCUT2D eigenvalue weighted by Gasteiger charge is -2.05. The van der Waals surface area contributed by atoms with Crippen molar-refractivity contribution in [3.8, 4) is 22.8 Å². The molecule has 0 saturated carbocycles. The third-order valence-corrected chi connectivity index (χ3v) is 4.19. The molecule has 4 rings (SSSR count). The fraction of sp³-hybridized carbons (Fsp3) is 0.0500. The summed E-state index contributed by atoms with van der Waals surface area (Å²) in [6.07, 6.45) is 1.01. The molecule has 6 nitrogen and oxygen atoms in total. The fourth-order valence-corrected chi connectivity index (χ4v) is 2.95. The van der Waals surface area contributed by atoms with E-state index < -0.39 is 18.4 Å². The monoisotopic (exact) mass is 399 g/mol. The van der Waals surface area contributed by atoms with E-state index in [0.717, 1.165) is 6.20 Å². The van der Waals surface area contributed by atoms with Crippen LogP contribution in [0, 0.1) is 5.82 Å². The van der Waals surface area contributed by atoms with E-state index >= 15 is 0 Å². The number of carboxylic acid groups (broad SMARTS) is 1. The normalized spacial score (nSPS) is 11.2. The number of pyridine rings is 1. The van der Waals surface area contributed by atoms with E-state index in [2.05, 4.69) is 14.8 Å². The van der Waals surface area contributed by atoms with Crippen LogP contribution < -0.4 is 4.74 Å². The summed E-state index contributed by atoms with van der Waals surface area (Å²) in [5.74, 6) is -1.43. The smallest absolute Gasteiger partial charge is 0.387 e. The summed E-state index contributed by atoms with van der Waals surface area (Å²) in [7, 11) is 0. The molecule has 2 aromatic carbocycles. The van der Waals surface area contributed by atoms with Crippen molar-refractivity contribution in [1.82, 2.24) is 14.8 Å². The molecule has 146 valence electrons. The van der Waals surface area contributed by atoms with Crippen LogP contribution in [0.1, 0.15) is 10.4 Å². The molecule has 0 aliphatic rings. The van der Waals surface area contributed by atoms with E-state index in [1.807, 2.05) is 0 Å². The number of benzene rings is 2. The maximum atomic E-state index is 13.3. The van der Waals surface area contributed by atoms with Gasteiger partial charge in [0, 0.05) is 10.9 Å². The molecule has 2 aromatic heterocycles. The van der Waals surface area contributed by atoms with E-state index in [0.29, 0.717) is 22.2 Å². The molecule has 4 aromatic rings. The highest BCUT2D eigenvalue weighted by Gasteiger charge is 2.17. The second-order valence-electron chi connectivity index (χ2n) is 6.04. The molecule has 0 unspecified atom stereocenters. The number of halogens is 3. The fourth-order valence-electron chi connectivity index (χ4n) is 2.95. The summed E-state index contributed by atoms with van der Waals surface area (Å²) < 4.78 is 44.2. The summed E-state index contributed by atoms with van der Waals surface area (Å²) in [5.41, 5.74) is 1.33. The van der Waals surface area contributed by atoms with Crippen molar-refractivity contribution in [2.24, 2.45) is 0 Å². The van der Waals surface area contributed by atoms with Crippen molar-refractivity contribution in [2.75, 3.05) is 0 Å². The third-order valence-electron chi connectivity index (χ3n) is 4.19. The Hall–Kier alpha value is -3.88. The Morgan fingerprint density at radius 2 is 1.93 bits per heavy atom. The highest BCUT2D eigenvalue weighted by atomic mass is 19.3. The van der Waals surface area contributed by atoms with Gasteiger partial charge in [0.05, 0.1) is 17.3 Å². The van der Waals surface area contributed by atoms with Gasteiger partial charge in [-0.25, -0.2) is 18.9 Å². The zero-order valence-electron chi connectivity index (χ0n) is 14.6. The van der Waals surface area contributed by atoms with Crippen molar-refractivity contribution < 1.29 is 27.8 Å².